The lowest BCUT2D eigenvalue weighted by Crippen LogP contribution is -2.39. The van der Waals surface area contributed by atoms with E-state index in [1.165, 1.54) is 0 Å². The van der Waals surface area contributed by atoms with Gasteiger partial charge in [0.1, 0.15) is 5.82 Å². The maximum Gasteiger partial charge on any atom is 0.275 e. The molecule has 0 aliphatic carbocycles. The van der Waals surface area contributed by atoms with Gasteiger partial charge in [-0.2, -0.15) is 0 Å². The molecule has 86 valence electrons. The highest BCUT2D eigenvalue weighted by atomic mass is 16.2. The largest absolute Gasteiger partial charge is 0.367 e. The summed E-state index contributed by atoms with van der Waals surface area (Å²) in [5.74, 6) is 5.80. The molecule has 5 heteroatoms. The minimum Gasteiger partial charge on any atom is -0.367 e. The van der Waals surface area contributed by atoms with Crippen LogP contribution in [0, 0.1) is 0 Å². The third kappa shape index (κ3) is 2.59. The van der Waals surface area contributed by atoms with Crippen molar-refractivity contribution in [3.8, 4) is 0 Å². The van der Waals surface area contributed by atoms with Crippen molar-refractivity contribution >= 4 is 11.7 Å². The molecule has 0 radical (unpaired) electrons. The van der Waals surface area contributed by atoms with Crippen molar-refractivity contribution < 1.29 is 4.79 Å². The van der Waals surface area contributed by atoms with Gasteiger partial charge in [0.2, 0.25) is 0 Å². The van der Waals surface area contributed by atoms with Crippen LogP contribution < -0.4 is 16.2 Å². The number of rotatable bonds is 2. The lowest BCUT2D eigenvalue weighted by molar-refractivity contribution is -0.115. The van der Waals surface area contributed by atoms with Crippen molar-refractivity contribution in [3.63, 3.8) is 0 Å². The smallest absolute Gasteiger partial charge is 0.275 e. The van der Waals surface area contributed by atoms with E-state index < -0.39 is 0 Å². The van der Waals surface area contributed by atoms with Gasteiger partial charge in [-0.3, -0.25) is 4.79 Å². The van der Waals surface area contributed by atoms with Crippen LogP contribution in [0.3, 0.4) is 0 Å². The zero-order valence-corrected chi connectivity index (χ0v) is 9.08. The van der Waals surface area contributed by atoms with Crippen molar-refractivity contribution in [3.05, 3.63) is 60.6 Å². The third-order valence-electron chi connectivity index (χ3n) is 2.18. The number of allylic oxidation sites excluding steroid dienone is 2. The first-order valence-electron chi connectivity index (χ1n) is 5.08. The Balaban J connectivity index is 2.18. The van der Waals surface area contributed by atoms with Crippen LogP contribution in [-0.4, -0.2) is 10.9 Å². The van der Waals surface area contributed by atoms with Crippen LogP contribution in [0.5, 0.6) is 0 Å². The number of nitrogens with one attached hydrogen (secondary N) is 1. The average molecular weight is 228 g/mol. The van der Waals surface area contributed by atoms with E-state index in [0.717, 1.165) is 5.01 Å². The van der Waals surface area contributed by atoms with Crippen LogP contribution in [0.1, 0.15) is 0 Å². The normalized spacial score (nSPS) is 13.6. The first kappa shape index (κ1) is 11.1. The van der Waals surface area contributed by atoms with Crippen molar-refractivity contribution in [1.82, 2.24) is 10.3 Å². The van der Waals surface area contributed by atoms with Gasteiger partial charge in [-0.25, -0.2) is 15.8 Å². The summed E-state index contributed by atoms with van der Waals surface area (Å²) in [5.41, 5.74) is 0.461. The van der Waals surface area contributed by atoms with Crippen LogP contribution in [-0.2, 0) is 4.79 Å². The van der Waals surface area contributed by atoms with Gasteiger partial charge in [0.05, 0.1) is 5.57 Å². The van der Waals surface area contributed by atoms with E-state index in [4.69, 9.17) is 5.84 Å². The monoisotopic (exact) mass is 228 g/mol. The molecule has 5 nitrogen and oxygen atoms in total. The number of carbonyl (C=O) groups is 1. The molecule has 1 aromatic rings. The lowest BCUT2D eigenvalue weighted by atomic mass is 10.2. The zero-order chi connectivity index (χ0) is 12.1. The van der Waals surface area contributed by atoms with Gasteiger partial charge in [0.25, 0.3) is 5.91 Å². The fourth-order valence-corrected chi connectivity index (χ4v) is 1.33. The second kappa shape index (κ2) is 5.09. The average Bonchev–Trinajstić information content (AvgIpc) is 2.67. The number of aromatic nitrogens is 1. The second-order valence-electron chi connectivity index (χ2n) is 3.35. The topological polar surface area (TPSA) is 71.2 Å². The molecule has 2 heterocycles. The molecule has 1 aliphatic heterocycles. The van der Waals surface area contributed by atoms with Gasteiger partial charge in [0, 0.05) is 18.6 Å². The molecule has 0 atom stereocenters. The summed E-state index contributed by atoms with van der Waals surface area (Å²) in [6.07, 6.45) is 10.1. The standard InChI is InChI=1S/C12H12N4O/c13-16(11-6-2-4-8-15-11)12(17)10-5-1-3-7-14-9-10/h1-9,14H,13H2. The highest BCUT2D eigenvalue weighted by Crippen LogP contribution is 2.10. The van der Waals surface area contributed by atoms with E-state index in [9.17, 15) is 4.79 Å². The predicted molar refractivity (Wildman–Crippen MR) is 65.4 cm³/mol. The van der Waals surface area contributed by atoms with Gasteiger partial charge in [-0.15, -0.1) is 0 Å². The van der Waals surface area contributed by atoms with E-state index in [1.807, 2.05) is 0 Å². The molecule has 0 fully saturated rings. The molecule has 3 N–H and O–H groups in total. The molecule has 1 amide bonds. The molecule has 0 aromatic carbocycles. The molecular weight excluding hydrogens is 216 g/mol. The van der Waals surface area contributed by atoms with E-state index in [0.29, 0.717) is 11.4 Å². The maximum absolute atomic E-state index is 12.0. The number of nitrogens with two attached hydrogens (primary N) is 1. The number of hydrogen-bond acceptors (Lipinski definition) is 4. The van der Waals surface area contributed by atoms with Gasteiger partial charge < -0.3 is 5.32 Å². The van der Waals surface area contributed by atoms with Crippen LogP contribution in [0.15, 0.2) is 60.6 Å². The number of carbonyl (C=O) groups excluding carboxylic acids is 1. The summed E-state index contributed by atoms with van der Waals surface area (Å²) < 4.78 is 0. The molecule has 2 rings (SSSR count). The Hall–Kier alpha value is -2.40. The van der Waals surface area contributed by atoms with Crippen molar-refractivity contribution in [2.75, 3.05) is 5.01 Å². The minimum atomic E-state index is -0.323. The SMILES string of the molecule is NN(C(=O)C1=CNC=CC=C1)c1ccccn1. The molecule has 0 bridgehead atoms. The first-order chi connectivity index (χ1) is 8.29. The van der Waals surface area contributed by atoms with E-state index in [-0.39, 0.29) is 5.91 Å². The molecule has 1 aliphatic rings. The van der Waals surface area contributed by atoms with Crippen molar-refractivity contribution in [1.29, 1.82) is 0 Å². The molecular formula is C12H12N4O. The summed E-state index contributed by atoms with van der Waals surface area (Å²) >= 11 is 0. The molecule has 1 aromatic heterocycles. The van der Waals surface area contributed by atoms with Crippen LogP contribution in [0.4, 0.5) is 5.82 Å². The van der Waals surface area contributed by atoms with Gasteiger partial charge >= 0.3 is 0 Å². The number of amides is 1. The maximum atomic E-state index is 12.0. The van der Waals surface area contributed by atoms with Gasteiger partial charge in [0.15, 0.2) is 0 Å². The quantitative estimate of drug-likeness (QED) is 0.447. The van der Waals surface area contributed by atoms with Crippen molar-refractivity contribution in [2.45, 2.75) is 0 Å². The summed E-state index contributed by atoms with van der Waals surface area (Å²) in [7, 11) is 0. The van der Waals surface area contributed by atoms with Crippen LogP contribution in [0.25, 0.3) is 0 Å². The summed E-state index contributed by atoms with van der Waals surface area (Å²) in [5, 5.41) is 3.87. The summed E-state index contributed by atoms with van der Waals surface area (Å²) in [4.78, 5) is 16.0. The number of nitrogens with zero attached hydrogens (tertiary/aromatic N) is 2. The number of pyridine rings is 1. The third-order valence-corrected chi connectivity index (χ3v) is 2.18. The lowest BCUT2D eigenvalue weighted by Gasteiger charge is -2.15. The van der Waals surface area contributed by atoms with E-state index >= 15 is 0 Å². The zero-order valence-electron chi connectivity index (χ0n) is 9.08. The Kier molecular flexibility index (Phi) is 3.32. The summed E-state index contributed by atoms with van der Waals surface area (Å²) in [6, 6.07) is 5.20. The fraction of sp³-hybridized carbons (Fsp3) is 0. The Morgan fingerprint density at radius 3 is 3.00 bits per heavy atom. The Morgan fingerprint density at radius 1 is 1.35 bits per heavy atom. The van der Waals surface area contributed by atoms with Gasteiger partial charge in [-0.05, 0) is 24.3 Å². The Labute approximate surface area is 98.9 Å². The molecule has 0 saturated heterocycles. The predicted octanol–water partition coefficient (Wildman–Crippen LogP) is 0.845. The highest BCUT2D eigenvalue weighted by Gasteiger charge is 2.15. The Bertz CT molecular complexity index is 490. The first-order valence-corrected chi connectivity index (χ1v) is 5.08. The minimum absolute atomic E-state index is 0.323. The van der Waals surface area contributed by atoms with Crippen LogP contribution >= 0.6 is 0 Å². The van der Waals surface area contributed by atoms with E-state index in [2.05, 4.69) is 10.3 Å². The van der Waals surface area contributed by atoms with E-state index in [1.54, 1.807) is 55.0 Å². The fourth-order valence-electron chi connectivity index (χ4n) is 1.33. The molecule has 17 heavy (non-hydrogen) atoms. The van der Waals surface area contributed by atoms with Crippen LogP contribution in [0.2, 0.25) is 0 Å². The molecule has 0 spiro atoms. The number of anilines is 1. The molecule has 0 saturated carbocycles. The van der Waals surface area contributed by atoms with Gasteiger partial charge in [-0.1, -0.05) is 12.1 Å². The second-order valence-corrected chi connectivity index (χ2v) is 3.35. The summed E-state index contributed by atoms with van der Waals surface area (Å²) in [6.45, 7) is 0. The number of hydrogen-bond donors (Lipinski definition) is 2. The number of hydrazine groups is 1. The molecule has 0 unspecified atom stereocenters. The highest BCUT2D eigenvalue weighted by molar-refractivity contribution is 6.06. The van der Waals surface area contributed by atoms with Crippen molar-refractivity contribution in [2.24, 2.45) is 5.84 Å². The Morgan fingerprint density at radius 2 is 2.24 bits per heavy atom.